The molecule has 0 spiro atoms. The lowest BCUT2D eigenvalue weighted by molar-refractivity contribution is -0.138. The number of methoxy groups -OCH3 is 1. The van der Waals surface area contributed by atoms with Crippen LogP contribution < -0.4 is 24.3 Å². The molecule has 1 aliphatic heterocycles. The Labute approximate surface area is 274 Å². The predicted molar refractivity (Wildman–Crippen MR) is 175 cm³/mol. The maximum Gasteiger partial charge on any atom is 0.303 e. The summed E-state index contributed by atoms with van der Waals surface area (Å²) in [6, 6.07) is 16.9. The quantitative estimate of drug-likeness (QED) is 0.119. The summed E-state index contributed by atoms with van der Waals surface area (Å²) in [4.78, 5) is 35.0. The number of carboxylic acids is 2. The third-order valence-corrected chi connectivity index (χ3v) is 7.69. The Morgan fingerprint density at radius 3 is 2.36 bits per heavy atom. The zero-order valence-electron chi connectivity index (χ0n) is 26.8. The van der Waals surface area contributed by atoms with Crippen LogP contribution in [-0.4, -0.2) is 68.3 Å². The van der Waals surface area contributed by atoms with Crippen molar-refractivity contribution in [2.45, 2.75) is 57.8 Å². The van der Waals surface area contributed by atoms with Crippen LogP contribution in [0.25, 0.3) is 11.1 Å². The van der Waals surface area contributed by atoms with Crippen LogP contribution >= 0.6 is 0 Å². The maximum atomic E-state index is 12.9. The summed E-state index contributed by atoms with van der Waals surface area (Å²) >= 11 is 0. The van der Waals surface area contributed by atoms with Crippen LogP contribution in [0.5, 0.6) is 23.0 Å². The largest absolute Gasteiger partial charge is 0.494 e. The number of rotatable bonds is 21. The molecule has 1 amide bonds. The summed E-state index contributed by atoms with van der Waals surface area (Å²) in [7, 11) is 1.58. The Morgan fingerprint density at radius 2 is 1.55 bits per heavy atom. The molecule has 0 aromatic heterocycles. The highest BCUT2D eigenvalue weighted by Gasteiger charge is 2.17. The predicted octanol–water partition coefficient (Wildman–Crippen LogP) is 5.90. The van der Waals surface area contributed by atoms with Crippen molar-refractivity contribution < 1.29 is 48.3 Å². The summed E-state index contributed by atoms with van der Waals surface area (Å²) < 4.78 is 28.0. The lowest BCUT2D eigenvalue weighted by atomic mass is 9.97. The van der Waals surface area contributed by atoms with Gasteiger partial charge in [0.2, 0.25) is 6.79 Å². The molecule has 1 heterocycles. The number of fused-ring (bicyclic) bond motifs is 1. The first-order valence-electron chi connectivity index (χ1n) is 16.0. The molecule has 3 aromatic carbocycles. The van der Waals surface area contributed by atoms with E-state index in [1.807, 2.05) is 48.5 Å². The van der Waals surface area contributed by atoms with Gasteiger partial charge in [-0.15, -0.1) is 0 Å². The van der Waals surface area contributed by atoms with E-state index >= 15 is 0 Å². The fourth-order valence-electron chi connectivity index (χ4n) is 5.29. The van der Waals surface area contributed by atoms with E-state index in [1.54, 1.807) is 13.2 Å². The minimum Gasteiger partial charge on any atom is -0.494 e. The topological polar surface area (TPSA) is 150 Å². The second kappa shape index (κ2) is 18.4. The van der Waals surface area contributed by atoms with Crippen molar-refractivity contribution >= 4 is 17.8 Å². The Kier molecular flexibility index (Phi) is 13.7. The van der Waals surface area contributed by atoms with E-state index < -0.39 is 11.9 Å². The standard InChI is InChI=1S/C36H43NO10/c1-43-19-16-37-36(42)28-20-27(26-12-14-32-33(23-26)47-24-46-32)21-29(22-28)44-17-5-3-2-4-8-25-9-6-10-31(30(25)13-15-35(40)41)45-18-7-11-34(38)39/h6,9-10,12,14,20-23H,2-5,7-8,11,13,15-19,24H2,1H3,(H,37,42)(H,38,39)(H,40,41). The van der Waals surface area contributed by atoms with Crippen molar-refractivity contribution in [1.82, 2.24) is 5.32 Å². The number of aliphatic carboxylic acids is 2. The number of benzene rings is 3. The molecule has 0 saturated heterocycles. The molecule has 3 N–H and O–H groups in total. The van der Waals surface area contributed by atoms with E-state index in [4.69, 9.17) is 28.8 Å². The van der Waals surface area contributed by atoms with Crippen molar-refractivity contribution in [1.29, 1.82) is 0 Å². The molecular formula is C36H43NO10. The molecule has 4 rings (SSSR count). The minimum atomic E-state index is -0.878. The molecule has 0 bridgehead atoms. The van der Waals surface area contributed by atoms with Crippen LogP contribution in [0.2, 0.25) is 0 Å². The Bertz CT molecular complexity index is 1510. The zero-order chi connectivity index (χ0) is 33.4. The number of carbonyl (C=O) groups is 3. The molecule has 0 fully saturated rings. The van der Waals surface area contributed by atoms with E-state index in [1.165, 1.54) is 0 Å². The van der Waals surface area contributed by atoms with Gasteiger partial charge >= 0.3 is 11.9 Å². The van der Waals surface area contributed by atoms with Crippen molar-refractivity contribution in [3.63, 3.8) is 0 Å². The van der Waals surface area contributed by atoms with Crippen LogP contribution in [0.1, 0.15) is 66.4 Å². The Morgan fingerprint density at radius 1 is 0.766 bits per heavy atom. The molecule has 11 heteroatoms. The average Bonchev–Trinajstić information content (AvgIpc) is 3.54. The van der Waals surface area contributed by atoms with Gasteiger partial charge in [0, 0.05) is 32.1 Å². The summed E-state index contributed by atoms with van der Waals surface area (Å²) in [6.07, 6.45) is 5.14. The summed E-state index contributed by atoms with van der Waals surface area (Å²) in [5, 5.41) is 21.0. The van der Waals surface area contributed by atoms with Crippen molar-refractivity contribution in [3.05, 3.63) is 71.3 Å². The SMILES string of the molecule is COCCNC(=O)c1cc(OCCCCCCc2cccc(OCCCC(=O)O)c2CCC(=O)O)cc(-c2ccc3c(c2)OCO3)c1. The molecule has 0 atom stereocenters. The third kappa shape index (κ3) is 11.2. The lowest BCUT2D eigenvalue weighted by Crippen LogP contribution is -2.27. The van der Waals surface area contributed by atoms with Crippen molar-refractivity contribution in [2.24, 2.45) is 0 Å². The van der Waals surface area contributed by atoms with Crippen LogP contribution in [0.4, 0.5) is 0 Å². The molecule has 1 aliphatic rings. The number of amides is 1. The van der Waals surface area contributed by atoms with Gasteiger partial charge in [-0.25, -0.2) is 0 Å². The van der Waals surface area contributed by atoms with Crippen molar-refractivity contribution in [2.75, 3.05) is 40.3 Å². The van der Waals surface area contributed by atoms with Gasteiger partial charge in [0.15, 0.2) is 11.5 Å². The highest BCUT2D eigenvalue weighted by Crippen LogP contribution is 2.37. The lowest BCUT2D eigenvalue weighted by Gasteiger charge is -2.15. The smallest absolute Gasteiger partial charge is 0.303 e. The number of carbonyl (C=O) groups excluding carboxylic acids is 1. The normalized spacial score (nSPS) is 11.7. The van der Waals surface area contributed by atoms with Gasteiger partial charge in [-0.1, -0.05) is 31.0 Å². The fraction of sp³-hybridized carbons (Fsp3) is 0.417. The van der Waals surface area contributed by atoms with E-state index in [0.29, 0.717) is 61.2 Å². The van der Waals surface area contributed by atoms with Gasteiger partial charge in [-0.2, -0.15) is 0 Å². The van der Waals surface area contributed by atoms with E-state index in [-0.39, 0.29) is 32.1 Å². The summed E-state index contributed by atoms with van der Waals surface area (Å²) in [6.45, 7) is 1.73. The van der Waals surface area contributed by atoms with Crippen molar-refractivity contribution in [3.8, 4) is 34.1 Å². The molecule has 11 nitrogen and oxygen atoms in total. The van der Waals surface area contributed by atoms with Crippen LogP contribution in [0.15, 0.2) is 54.6 Å². The third-order valence-electron chi connectivity index (χ3n) is 7.69. The molecule has 0 saturated carbocycles. The van der Waals surface area contributed by atoms with Gasteiger partial charge < -0.3 is 39.2 Å². The van der Waals surface area contributed by atoms with E-state index in [9.17, 15) is 19.5 Å². The average molecular weight is 650 g/mol. The zero-order valence-corrected chi connectivity index (χ0v) is 26.8. The molecule has 0 radical (unpaired) electrons. The second-order valence-corrected chi connectivity index (χ2v) is 11.2. The number of nitrogens with one attached hydrogen (secondary N) is 1. The number of hydrogen-bond acceptors (Lipinski definition) is 8. The minimum absolute atomic E-state index is 0.00771. The highest BCUT2D eigenvalue weighted by atomic mass is 16.7. The molecule has 252 valence electrons. The van der Waals surface area contributed by atoms with Gasteiger partial charge in [-0.3, -0.25) is 14.4 Å². The van der Waals surface area contributed by atoms with Gasteiger partial charge in [0.05, 0.1) is 19.8 Å². The molecule has 0 unspecified atom stereocenters. The Balaban J connectivity index is 1.31. The molecule has 3 aromatic rings. The second-order valence-electron chi connectivity index (χ2n) is 11.2. The van der Waals surface area contributed by atoms with Gasteiger partial charge in [-0.05, 0) is 90.8 Å². The monoisotopic (exact) mass is 649 g/mol. The van der Waals surface area contributed by atoms with E-state index in [0.717, 1.165) is 54.4 Å². The summed E-state index contributed by atoms with van der Waals surface area (Å²) in [5.41, 5.74) is 4.11. The highest BCUT2D eigenvalue weighted by molar-refractivity contribution is 5.96. The fourth-order valence-corrected chi connectivity index (χ4v) is 5.29. The van der Waals surface area contributed by atoms with Crippen LogP contribution in [0.3, 0.4) is 0 Å². The number of carboxylic acid groups (broad SMARTS) is 2. The van der Waals surface area contributed by atoms with Gasteiger partial charge in [0.1, 0.15) is 11.5 Å². The van der Waals surface area contributed by atoms with E-state index in [2.05, 4.69) is 5.32 Å². The van der Waals surface area contributed by atoms with Gasteiger partial charge in [0.25, 0.3) is 5.91 Å². The number of aryl methyl sites for hydroxylation is 1. The first kappa shape index (κ1) is 35.1. The first-order valence-corrected chi connectivity index (χ1v) is 16.0. The first-order chi connectivity index (χ1) is 22.8. The van der Waals surface area contributed by atoms with Crippen LogP contribution in [0, 0.1) is 0 Å². The number of unbranched alkanes of at least 4 members (excludes halogenated alkanes) is 3. The molecular weight excluding hydrogens is 606 g/mol. The summed E-state index contributed by atoms with van der Waals surface area (Å²) in [5.74, 6) is 0.592. The Hall–Kier alpha value is -4.77. The maximum absolute atomic E-state index is 12.9. The number of ether oxygens (including phenoxy) is 5. The molecule has 0 aliphatic carbocycles. The van der Waals surface area contributed by atoms with Crippen LogP contribution in [-0.2, 0) is 27.2 Å². The number of hydrogen-bond donors (Lipinski definition) is 3. The molecule has 47 heavy (non-hydrogen) atoms.